The smallest absolute Gasteiger partial charge is 0.172 e. The lowest BCUT2D eigenvalue weighted by Gasteiger charge is -1.90. The quantitative estimate of drug-likeness (QED) is 0.561. The average molecular weight is 239 g/mol. The molecule has 15 heavy (non-hydrogen) atoms. The summed E-state index contributed by atoms with van der Waals surface area (Å²) < 4.78 is 5.55. The lowest BCUT2D eigenvalue weighted by Crippen LogP contribution is -1.77. The molecule has 3 heterocycles. The first-order valence-electron chi connectivity index (χ1n) is 4.24. The van der Waals surface area contributed by atoms with E-state index in [1.54, 1.807) is 24.5 Å². The van der Waals surface area contributed by atoms with Gasteiger partial charge in [0.25, 0.3) is 0 Å². The van der Waals surface area contributed by atoms with Crippen LogP contribution in [0, 0.1) is 0 Å². The maximum Gasteiger partial charge on any atom is 0.172 e. The summed E-state index contributed by atoms with van der Waals surface area (Å²) in [5.74, 6) is 0. The van der Waals surface area contributed by atoms with Crippen molar-refractivity contribution in [1.82, 2.24) is 9.97 Å². The molecule has 0 spiro atoms. The fourth-order valence-corrected chi connectivity index (χ4v) is 1.95. The van der Waals surface area contributed by atoms with Gasteiger partial charge in [-0.1, -0.05) is 23.2 Å². The number of rotatable bonds is 0. The molecule has 0 bridgehead atoms. The highest BCUT2D eigenvalue weighted by Crippen LogP contribution is 2.34. The molecule has 0 aliphatic heterocycles. The van der Waals surface area contributed by atoms with Crippen molar-refractivity contribution >= 4 is 45.3 Å². The summed E-state index contributed by atoms with van der Waals surface area (Å²) >= 11 is 12.0. The maximum atomic E-state index is 5.98. The minimum absolute atomic E-state index is 0.376. The molecule has 0 unspecified atom stereocenters. The molecule has 0 aliphatic carbocycles. The van der Waals surface area contributed by atoms with E-state index in [1.165, 1.54) is 0 Å². The van der Waals surface area contributed by atoms with Gasteiger partial charge in [0.2, 0.25) is 0 Å². The van der Waals surface area contributed by atoms with Gasteiger partial charge >= 0.3 is 0 Å². The zero-order valence-electron chi connectivity index (χ0n) is 7.37. The number of fused-ring (bicyclic) bond motifs is 3. The van der Waals surface area contributed by atoms with Crippen LogP contribution in [0.15, 0.2) is 28.9 Å². The molecule has 0 atom stereocenters. The highest BCUT2D eigenvalue weighted by molar-refractivity contribution is 6.38. The molecule has 5 heteroatoms. The van der Waals surface area contributed by atoms with E-state index in [2.05, 4.69) is 9.97 Å². The van der Waals surface area contributed by atoms with Crippen molar-refractivity contribution < 1.29 is 4.42 Å². The fraction of sp³-hybridized carbons (Fsp3) is 0. The van der Waals surface area contributed by atoms with E-state index in [0.29, 0.717) is 32.2 Å². The van der Waals surface area contributed by atoms with E-state index in [0.717, 1.165) is 0 Å². The van der Waals surface area contributed by atoms with Crippen LogP contribution in [0.2, 0.25) is 10.2 Å². The molecular formula is C10H4Cl2N2O. The van der Waals surface area contributed by atoms with Gasteiger partial charge in [0.1, 0.15) is 16.3 Å². The van der Waals surface area contributed by atoms with E-state index < -0.39 is 0 Å². The molecule has 0 N–H and O–H groups in total. The van der Waals surface area contributed by atoms with Gasteiger partial charge in [0.05, 0.1) is 10.4 Å². The van der Waals surface area contributed by atoms with E-state index in [9.17, 15) is 0 Å². The van der Waals surface area contributed by atoms with E-state index in [4.69, 9.17) is 27.6 Å². The van der Waals surface area contributed by atoms with E-state index in [1.807, 2.05) is 0 Å². The molecule has 0 fully saturated rings. The predicted octanol–water partition coefficient (Wildman–Crippen LogP) is 3.68. The van der Waals surface area contributed by atoms with Crippen molar-refractivity contribution in [3.63, 3.8) is 0 Å². The molecule has 0 aliphatic rings. The van der Waals surface area contributed by atoms with E-state index in [-0.39, 0.29) is 0 Å². The van der Waals surface area contributed by atoms with Crippen LogP contribution in [0.3, 0.4) is 0 Å². The van der Waals surface area contributed by atoms with Crippen LogP contribution in [0.1, 0.15) is 0 Å². The summed E-state index contributed by atoms with van der Waals surface area (Å²) in [6, 6.07) is 3.41. The number of hydrogen-bond donors (Lipinski definition) is 0. The number of aromatic nitrogens is 2. The van der Waals surface area contributed by atoms with Crippen molar-refractivity contribution in [2.45, 2.75) is 0 Å². The normalized spacial score (nSPS) is 11.3. The van der Waals surface area contributed by atoms with Gasteiger partial charge in [-0.15, -0.1) is 0 Å². The zero-order valence-corrected chi connectivity index (χ0v) is 8.88. The minimum atomic E-state index is 0.376. The Morgan fingerprint density at radius 1 is 1.07 bits per heavy atom. The van der Waals surface area contributed by atoms with Crippen molar-refractivity contribution in [3.05, 3.63) is 34.7 Å². The summed E-state index contributed by atoms with van der Waals surface area (Å²) in [5, 5.41) is 1.60. The Labute approximate surface area is 94.6 Å². The summed E-state index contributed by atoms with van der Waals surface area (Å²) in [7, 11) is 0. The Balaban J connectivity index is 2.65. The SMILES string of the molecule is Clc1ccnc2c1oc1ccnc(Cl)c12. The van der Waals surface area contributed by atoms with Gasteiger partial charge in [0.15, 0.2) is 5.58 Å². The van der Waals surface area contributed by atoms with Crippen LogP contribution in [-0.2, 0) is 0 Å². The number of furan rings is 1. The van der Waals surface area contributed by atoms with Gasteiger partial charge in [-0.2, -0.15) is 0 Å². The monoisotopic (exact) mass is 238 g/mol. The number of halogens is 2. The van der Waals surface area contributed by atoms with Crippen LogP contribution >= 0.6 is 23.2 Å². The van der Waals surface area contributed by atoms with Gasteiger partial charge in [-0.3, -0.25) is 4.98 Å². The van der Waals surface area contributed by atoms with Crippen LogP contribution in [0.5, 0.6) is 0 Å². The molecule has 3 nitrogen and oxygen atoms in total. The first-order valence-corrected chi connectivity index (χ1v) is 5.00. The molecule has 0 aromatic carbocycles. The molecule has 3 aromatic rings. The van der Waals surface area contributed by atoms with Crippen LogP contribution < -0.4 is 0 Å². The van der Waals surface area contributed by atoms with E-state index >= 15 is 0 Å². The topological polar surface area (TPSA) is 38.9 Å². The van der Waals surface area contributed by atoms with Gasteiger partial charge in [-0.05, 0) is 12.1 Å². The van der Waals surface area contributed by atoms with Crippen LogP contribution in [0.4, 0.5) is 0 Å². The molecule has 74 valence electrons. The Morgan fingerprint density at radius 3 is 2.73 bits per heavy atom. The molecule has 0 amide bonds. The fourth-order valence-electron chi connectivity index (χ4n) is 1.53. The largest absolute Gasteiger partial charge is 0.453 e. The Kier molecular flexibility index (Phi) is 1.84. The number of hydrogen-bond acceptors (Lipinski definition) is 3. The van der Waals surface area contributed by atoms with Crippen molar-refractivity contribution in [2.75, 3.05) is 0 Å². The average Bonchev–Trinajstić information content (AvgIpc) is 2.59. The van der Waals surface area contributed by atoms with Crippen LogP contribution in [0.25, 0.3) is 22.1 Å². The second kappa shape index (κ2) is 3.08. The lowest BCUT2D eigenvalue weighted by molar-refractivity contribution is 0.668. The van der Waals surface area contributed by atoms with Gasteiger partial charge < -0.3 is 4.42 Å². The lowest BCUT2D eigenvalue weighted by atomic mass is 10.3. The number of nitrogens with zero attached hydrogens (tertiary/aromatic N) is 2. The van der Waals surface area contributed by atoms with Crippen molar-refractivity contribution in [3.8, 4) is 0 Å². The highest BCUT2D eigenvalue weighted by Gasteiger charge is 2.13. The summed E-state index contributed by atoms with van der Waals surface area (Å²) in [6.45, 7) is 0. The van der Waals surface area contributed by atoms with Crippen molar-refractivity contribution in [1.29, 1.82) is 0 Å². The highest BCUT2D eigenvalue weighted by atomic mass is 35.5. The second-order valence-electron chi connectivity index (χ2n) is 3.05. The summed E-state index contributed by atoms with van der Waals surface area (Å²) in [5.41, 5.74) is 1.84. The first-order chi connectivity index (χ1) is 7.27. The second-order valence-corrected chi connectivity index (χ2v) is 3.81. The third-order valence-electron chi connectivity index (χ3n) is 2.17. The van der Waals surface area contributed by atoms with Crippen LogP contribution in [-0.4, -0.2) is 9.97 Å². The molecule has 3 aromatic heterocycles. The summed E-state index contributed by atoms with van der Waals surface area (Å²) in [4.78, 5) is 8.17. The molecule has 0 saturated heterocycles. The molecule has 3 rings (SSSR count). The Hall–Kier alpha value is -1.32. The third-order valence-corrected chi connectivity index (χ3v) is 2.76. The maximum absolute atomic E-state index is 5.98. The minimum Gasteiger partial charge on any atom is -0.453 e. The van der Waals surface area contributed by atoms with Gasteiger partial charge in [0, 0.05) is 12.4 Å². The third kappa shape index (κ3) is 1.20. The Morgan fingerprint density at radius 2 is 1.87 bits per heavy atom. The number of pyridine rings is 2. The molecular weight excluding hydrogens is 235 g/mol. The van der Waals surface area contributed by atoms with Crippen molar-refractivity contribution in [2.24, 2.45) is 0 Å². The summed E-state index contributed by atoms with van der Waals surface area (Å²) in [6.07, 6.45) is 3.20. The first kappa shape index (κ1) is 8.95. The zero-order chi connectivity index (χ0) is 10.4. The molecule has 0 saturated carbocycles. The Bertz CT molecular complexity index is 663. The van der Waals surface area contributed by atoms with Gasteiger partial charge in [-0.25, -0.2) is 4.98 Å². The molecule has 0 radical (unpaired) electrons. The standard InChI is InChI=1S/C10H4Cl2N2O/c11-5-1-3-13-8-7-6(15-9(5)8)2-4-14-10(7)12/h1-4H. The predicted molar refractivity (Wildman–Crippen MR) is 59.3 cm³/mol.